The maximum atomic E-state index is 10.00. The van der Waals surface area contributed by atoms with Crippen LogP contribution in [0.3, 0.4) is 0 Å². The van der Waals surface area contributed by atoms with Gasteiger partial charge < -0.3 is 24.3 Å². The number of anilines is 1. The largest absolute Gasteiger partial charge is 0.432 e. The molecule has 8 nitrogen and oxygen atoms in total. The van der Waals surface area contributed by atoms with Crippen molar-refractivity contribution in [3.8, 4) is 0 Å². The van der Waals surface area contributed by atoms with Crippen molar-refractivity contribution in [3.63, 3.8) is 0 Å². The first-order valence-electron chi connectivity index (χ1n) is 10.9. The van der Waals surface area contributed by atoms with E-state index in [0.717, 1.165) is 23.1 Å². The van der Waals surface area contributed by atoms with Gasteiger partial charge in [0.1, 0.15) is 11.8 Å². The van der Waals surface area contributed by atoms with Gasteiger partial charge in [0.2, 0.25) is 5.71 Å². The third kappa shape index (κ3) is 4.12. The van der Waals surface area contributed by atoms with Gasteiger partial charge in [0.25, 0.3) is 0 Å². The summed E-state index contributed by atoms with van der Waals surface area (Å²) in [7, 11) is 0. The Morgan fingerprint density at radius 3 is 2.35 bits per heavy atom. The van der Waals surface area contributed by atoms with Gasteiger partial charge in [-0.25, -0.2) is 15.0 Å². The molecular weight excluding hydrogens is 396 g/mol. The molecule has 4 rings (SSSR count). The molecular formula is C23H32N4O4. The van der Waals surface area contributed by atoms with Gasteiger partial charge in [-0.1, -0.05) is 13.8 Å². The second-order valence-corrected chi connectivity index (χ2v) is 9.59. The van der Waals surface area contributed by atoms with E-state index < -0.39 is 12.2 Å². The van der Waals surface area contributed by atoms with Gasteiger partial charge in [0.05, 0.1) is 35.5 Å². The summed E-state index contributed by atoms with van der Waals surface area (Å²) in [5.74, 6) is 0.777. The fraction of sp³-hybridized carbons (Fsp3) is 0.609. The Kier molecular flexibility index (Phi) is 5.66. The number of nitrogens with zero attached hydrogens (tertiary/aromatic N) is 4. The van der Waals surface area contributed by atoms with E-state index in [1.165, 1.54) is 11.9 Å². The van der Waals surface area contributed by atoms with Crippen LogP contribution in [0.25, 0.3) is 22.2 Å². The average Bonchev–Trinajstić information content (AvgIpc) is 3.04. The lowest BCUT2D eigenvalue weighted by molar-refractivity contribution is -0.0402. The predicted molar refractivity (Wildman–Crippen MR) is 119 cm³/mol. The molecule has 0 saturated heterocycles. The minimum absolute atomic E-state index is 0.226. The molecule has 0 bridgehead atoms. The van der Waals surface area contributed by atoms with Crippen molar-refractivity contribution >= 4 is 28.0 Å². The van der Waals surface area contributed by atoms with E-state index in [9.17, 15) is 10.2 Å². The lowest BCUT2D eigenvalue weighted by Gasteiger charge is -2.33. The first-order chi connectivity index (χ1) is 14.6. The first-order valence-corrected chi connectivity index (χ1v) is 10.9. The van der Waals surface area contributed by atoms with Crippen LogP contribution in [0.4, 0.5) is 5.82 Å². The van der Waals surface area contributed by atoms with Crippen molar-refractivity contribution < 1.29 is 19.4 Å². The molecule has 0 fully saturated rings. The molecule has 3 aromatic heterocycles. The summed E-state index contributed by atoms with van der Waals surface area (Å²) in [6, 6.07) is 0. The molecule has 2 unspecified atom stereocenters. The number of pyridine rings is 1. The minimum atomic E-state index is -0.593. The number of hydrogen-bond acceptors (Lipinski definition) is 8. The van der Waals surface area contributed by atoms with Crippen LogP contribution in [0.15, 0.2) is 10.7 Å². The third-order valence-electron chi connectivity index (χ3n) is 5.66. The van der Waals surface area contributed by atoms with Crippen molar-refractivity contribution in [2.75, 3.05) is 18.0 Å². The summed E-state index contributed by atoms with van der Waals surface area (Å²) in [6.07, 6.45) is 1.06. The molecule has 4 heterocycles. The maximum absolute atomic E-state index is 10.00. The number of ether oxygens (including phenoxy) is 1. The number of aromatic nitrogens is 3. The number of fused-ring (bicyclic) bond motifs is 5. The Balaban J connectivity index is 1.99. The van der Waals surface area contributed by atoms with Gasteiger partial charge in [-0.15, -0.1) is 0 Å². The van der Waals surface area contributed by atoms with Crippen molar-refractivity contribution in [2.45, 2.75) is 78.3 Å². The Hall–Kier alpha value is -2.29. The second kappa shape index (κ2) is 8.00. The van der Waals surface area contributed by atoms with E-state index in [2.05, 4.69) is 37.7 Å². The van der Waals surface area contributed by atoms with Gasteiger partial charge in [-0.05, 0) is 39.2 Å². The van der Waals surface area contributed by atoms with E-state index in [1.54, 1.807) is 13.8 Å². The molecule has 1 aliphatic heterocycles. The van der Waals surface area contributed by atoms with Crippen molar-refractivity contribution in [3.05, 3.63) is 23.1 Å². The zero-order chi connectivity index (χ0) is 22.5. The Labute approximate surface area is 182 Å². The van der Waals surface area contributed by atoms with Gasteiger partial charge in [0.15, 0.2) is 11.4 Å². The molecule has 0 aromatic carbocycles. The minimum Gasteiger partial charge on any atom is -0.432 e. The summed E-state index contributed by atoms with van der Waals surface area (Å²) in [4.78, 5) is 15.7. The van der Waals surface area contributed by atoms with Gasteiger partial charge in [-0.2, -0.15) is 0 Å². The monoisotopic (exact) mass is 428 g/mol. The standard InChI is InChI=1S/C23H32N4O4/c1-12(2)18-16-10-30-23(5,6)7-15(16)17-19-20(31-22(17)26-18)21(25-11-24-19)27(8-13(3)28)9-14(4)29/h11-14,28-29H,7-10H2,1-6H3. The van der Waals surface area contributed by atoms with E-state index in [-0.39, 0.29) is 11.5 Å². The summed E-state index contributed by atoms with van der Waals surface area (Å²) in [5, 5.41) is 20.9. The molecule has 0 spiro atoms. The second-order valence-electron chi connectivity index (χ2n) is 9.59. The van der Waals surface area contributed by atoms with Crippen LogP contribution < -0.4 is 4.90 Å². The number of aliphatic hydroxyl groups excluding tert-OH is 2. The normalized spacial score (nSPS) is 17.8. The molecule has 168 valence electrons. The maximum Gasteiger partial charge on any atom is 0.229 e. The van der Waals surface area contributed by atoms with Crippen LogP contribution in [-0.4, -0.2) is 56.1 Å². The fourth-order valence-electron chi connectivity index (χ4n) is 4.41. The Morgan fingerprint density at radius 2 is 1.74 bits per heavy atom. The zero-order valence-corrected chi connectivity index (χ0v) is 19.1. The quantitative estimate of drug-likeness (QED) is 0.616. The number of aliphatic hydroxyl groups is 2. The number of rotatable bonds is 6. The van der Waals surface area contributed by atoms with Crippen molar-refractivity contribution in [1.29, 1.82) is 0 Å². The molecule has 0 radical (unpaired) electrons. The van der Waals surface area contributed by atoms with Crippen LogP contribution >= 0.6 is 0 Å². The molecule has 2 atom stereocenters. The molecule has 0 amide bonds. The van der Waals surface area contributed by atoms with Crippen LogP contribution in [0.1, 0.15) is 64.3 Å². The summed E-state index contributed by atoms with van der Waals surface area (Å²) >= 11 is 0. The van der Waals surface area contributed by atoms with Crippen LogP contribution in [0.2, 0.25) is 0 Å². The molecule has 0 saturated carbocycles. The Bertz CT molecular complexity index is 1090. The smallest absolute Gasteiger partial charge is 0.229 e. The topological polar surface area (TPSA) is 105 Å². The van der Waals surface area contributed by atoms with E-state index in [0.29, 0.717) is 42.3 Å². The SMILES string of the molecule is CC(O)CN(CC(C)O)c1ncnc2c1oc1nc(C(C)C)c3c(c12)CC(C)(C)OC3. The lowest BCUT2D eigenvalue weighted by atomic mass is 9.87. The van der Waals surface area contributed by atoms with Crippen LogP contribution in [0, 0.1) is 0 Å². The molecule has 0 aliphatic carbocycles. The third-order valence-corrected chi connectivity index (χ3v) is 5.66. The first kappa shape index (κ1) is 21.9. The van der Waals surface area contributed by atoms with E-state index in [4.69, 9.17) is 14.1 Å². The average molecular weight is 429 g/mol. The highest BCUT2D eigenvalue weighted by Gasteiger charge is 2.33. The summed E-state index contributed by atoms with van der Waals surface area (Å²) in [6.45, 7) is 13.0. The van der Waals surface area contributed by atoms with Gasteiger partial charge >= 0.3 is 0 Å². The van der Waals surface area contributed by atoms with Crippen LogP contribution in [0.5, 0.6) is 0 Å². The van der Waals surface area contributed by atoms with Crippen molar-refractivity contribution in [2.24, 2.45) is 0 Å². The highest BCUT2D eigenvalue weighted by Crippen LogP contribution is 2.41. The van der Waals surface area contributed by atoms with Gasteiger partial charge in [-0.3, -0.25) is 0 Å². The van der Waals surface area contributed by atoms with E-state index in [1.807, 2.05) is 4.90 Å². The molecule has 3 aromatic rings. The summed E-state index contributed by atoms with van der Waals surface area (Å²) < 4.78 is 12.4. The lowest BCUT2D eigenvalue weighted by Crippen LogP contribution is -2.37. The van der Waals surface area contributed by atoms with Crippen molar-refractivity contribution in [1.82, 2.24) is 15.0 Å². The molecule has 8 heteroatoms. The number of furan rings is 1. The molecule has 1 aliphatic rings. The van der Waals surface area contributed by atoms with Crippen LogP contribution in [-0.2, 0) is 17.8 Å². The number of hydrogen-bond donors (Lipinski definition) is 2. The highest BCUT2D eigenvalue weighted by molar-refractivity contribution is 6.06. The summed E-state index contributed by atoms with van der Waals surface area (Å²) in [5.41, 5.74) is 4.76. The van der Waals surface area contributed by atoms with Gasteiger partial charge in [0, 0.05) is 25.1 Å². The zero-order valence-electron chi connectivity index (χ0n) is 19.1. The fourth-order valence-corrected chi connectivity index (χ4v) is 4.41. The highest BCUT2D eigenvalue weighted by atomic mass is 16.5. The molecule has 31 heavy (non-hydrogen) atoms. The predicted octanol–water partition coefficient (Wildman–Crippen LogP) is 3.31. The Morgan fingerprint density at radius 1 is 1.06 bits per heavy atom. The van der Waals surface area contributed by atoms with E-state index >= 15 is 0 Å². The molecule has 2 N–H and O–H groups in total.